The van der Waals surface area contributed by atoms with Crippen molar-refractivity contribution in [3.8, 4) is 5.75 Å². The van der Waals surface area contributed by atoms with Crippen LogP contribution >= 0.6 is 11.6 Å². The van der Waals surface area contributed by atoms with Crippen molar-refractivity contribution in [2.45, 2.75) is 36.9 Å². The van der Waals surface area contributed by atoms with Gasteiger partial charge in [0.05, 0.1) is 11.8 Å². The predicted octanol–water partition coefficient (Wildman–Crippen LogP) is 0.957. The van der Waals surface area contributed by atoms with E-state index >= 15 is 0 Å². The van der Waals surface area contributed by atoms with Gasteiger partial charge in [-0.25, -0.2) is 4.39 Å². The van der Waals surface area contributed by atoms with Gasteiger partial charge in [-0.1, -0.05) is 11.6 Å². The smallest absolute Gasteiger partial charge is 0.258 e. The third-order valence-electron chi connectivity index (χ3n) is 5.49. The Kier molecular flexibility index (Phi) is 4.96. The lowest BCUT2D eigenvalue weighted by Crippen LogP contribution is -2.53. The summed E-state index contributed by atoms with van der Waals surface area (Å²) in [5.74, 6) is -0.343. The average Bonchev–Trinajstić information content (AvgIpc) is 3.31. The molecule has 2 bridgehead atoms. The summed E-state index contributed by atoms with van der Waals surface area (Å²) in [4.78, 5) is 24.4. The quantitative estimate of drug-likeness (QED) is 0.665. The molecule has 1 heterocycles. The molecule has 4 aliphatic rings. The minimum Gasteiger partial charge on any atom is -0.484 e. The minimum absolute atomic E-state index is 0.00373. The average molecular weight is 398 g/mol. The second kappa shape index (κ2) is 7.26. The standard InChI is InChI=1S/C18H21ClFN3O4/c19-12-2-1-11(3-13(12)20)26-8-16(24)23-18-4-10(5-18)14(6-18)22-17(25)15-7-21-9-27-15/h1-3,10,14-15,21H,4-9H2,(H,22,25)(H,23,24). The number of hydrogen-bond donors (Lipinski definition) is 3. The number of nitrogens with one attached hydrogen (secondary N) is 3. The van der Waals surface area contributed by atoms with Gasteiger partial charge in [-0.3, -0.25) is 14.9 Å². The molecule has 7 nitrogen and oxygen atoms in total. The molecule has 2 atom stereocenters. The number of rotatable bonds is 6. The topological polar surface area (TPSA) is 88.7 Å². The van der Waals surface area contributed by atoms with E-state index in [-0.39, 0.29) is 40.8 Å². The first-order chi connectivity index (χ1) is 12.9. The zero-order valence-corrected chi connectivity index (χ0v) is 15.4. The molecule has 0 spiro atoms. The van der Waals surface area contributed by atoms with E-state index in [1.54, 1.807) is 0 Å². The summed E-state index contributed by atoms with van der Waals surface area (Å²) in [6, 6.07) is 4.09. The van der Waals surface area contributed by atoms with Crippen LogP contribution < -0.4 is 20.7 Å². The number of hydrogen-bond acceptors (Lipinski definition) is 5. The van der Waals surface area contributed by atoms with E-state index in [2.05, 4.69) is 16.0 Å². The fourth-order valence-corrected chi connectivity index (χ4v) is 4.32. The number of benzene rings is 1. The van der Waals surface area contributed by atoms with Crippen LogP contribution in [0.15, 0.2) is 18.2 Å². The molecule has 3 aliphatic carbocycles. The normalized spacial score (nSPS) is 31.3. The van der Waals surface area contributed by atoms with Gasteiger partial charge in [-0.05, 0) is 37.3 Å². The van der Waals surface area contributed by atoms with Crippen molar-refractivity contribution in [2.24, 2.45) is 5.92 Å². The van der Waals surface area contributed by atoms with Gasteiger partial charge < -0.3 is 20.1 Å². The molecule has 9 heteroatoms. The zero-order valence-electron chi connectivity index (χ0n) is 14.6. The second-order valence-electron chi connectivity index (χ2n) is 7.43. The van der Waals surface area contributed by atoms with Crippen molar-refractivity contribution in [2.75, 3.05) is 19.9 Å². The van der Waals surface area contributed by atoms with E-state index in [0.29, 0.717) is 25.6 Å². The zero-order chi connectivity index (χ0) is 19.0. The SMILES string of the molecule is O=C(COc1ccc(Cl)c(F)c1)NC12CC(C1)C(NC(=O)C1CNCO1)C2. The largest absolute Gasteiger partial charge is 0.484 e. The molecule has 3 saturated carbocycles. The van der Waals surface area contributed by atoms with Gasteiger partial charge >= 0.3 is 0 Å². The maximum atomic E-state index is 13.4. The van der Waals surface area contributed by atoms with Crippen LogP contribution in [0.4, 0.5) is 4.39 Å². The summed E-state index contributed by atoms with van der Waals surface area (Å²) >= 11 is 5.62. The molecule has 0 aromatic heterocycles. The number of carbonyl (C=O) groups is 2. The molecule has 1 aromatic rings. The third-order valence-corrected chi connectivity index (χ3v) is 5.79. The molecule has 1 saturated heterocycles. The highest BCUT2D eigenvalue weighted by molar-refractivity contribution is 6.30. The molecule has 27 heavy (non-hydrogen) atoms. The lowest BCUT2D eigenvalue weighted by Gasteiger charge is -2.39. The highest BCUT2D eigenvalue weighted by Crippen LogP contribution is 2.52. The third kappa shape index (κ3) is 3.88. The van der Waals surface area contributed by atoms with Crippen LogP contribution in [0.2, 0.25) is 5.02 Å². The Labute approximate surface area is 160 Å². The summed E-state index contributed by atoms with van der Waals surface area (Å²) in [5.41, 5.74) is -0.289. The van der Waals surface area contributed by atoms with Gasteiger partial charge in [0.25, 0.3) is 11.8 Å². The van der Waals surface area contributed by atoms with Crippen LogP contribution in [-0.2, 0) is 14.3 Å². The van der Waals surface area contributed by atoms with Gasteiger partial charge in [0.1, 0.15) is 17.7 Å². The first-order valence-corrected chi connectivity index (χ1v) is 9.33. The van der Waals surface area contributed by atoms with Gasteiger partial charge in [0.2, 0.25) is 0 Å². The number of ether oxygens (including phenoxy) is 2. The van der Waals surface area contributed by atoms with Crippen LogP contribution in [-0.4, -0.2) is 49.4 Å². The highest BCUT2D eigenvalue weighted by Gasteiger charge is 2.57. The molecule has 1 aliphatic heterocycles. The Morgan fingerprint density at radius 2 is 2.19 bits per heavy atom. The molecular formula is C18H21ClFN3O4. The number of amides is 2. The first kappa shape index (κ1) is 18.5. The molecule has 146 valence electrons. The lowest BCUT2D eigenvalue weighted by molar-refractivity contribution is -0.130. The Morgan fingerprint density at radius 1 is 1.37 bits per heavy atom. The van der Waals surface area contributed by atoms with Crippen molar-refractivity contribution in [3.63, 3.8) is 0 Å². The molecule has 3 N–H and O–H groups in total. The Balaban J connectivity index is 1.24. The number of carbonyl (C=O) groups excluding carboxylic acids is 2. The van der Waals surface area contributed by atoms with Gasteiger partial charge in [-0.2, -0.15) is 0 Å². The van der Waals surface area contributed by atoms with Crippen molar-refractivity contribution >= 4 is 23.4 Å². The summed E-state index contributed by atoms with van der Waals surface area (Å²) < 4.78 is 24.0. The molecule has 2 unspecified atom stereocenters. The van der Waals surface area contributed by atoms with E-state index in [1.165, 1.54) is 12.1 Å². The first-order valence-electron chi connectivity index (χ1n) is 8.96. The van der Waals surface area contributed by atoms with E-state index in [4.69, 9.17) is 21.1 Å². The number of fused-ring (bicyclic) bond motifs is 1. The monoisotopic (exact) mass is 397 g/mol. The van der Waals surface area contributed by atoms with Gasteiger partial charge in [-0.15, -0.1) is 0 Å². The Bertz CT molecular complexity index is 750. The van der Waals surface area contributed by atoms with E-state index < -0.39 is 11.9 Å². The maximum Gasteiger partial charge on any atom is 0.258 e. The van der Waals surface area contributed by atoms with E-state index in [9.17, 15) is 14.0 Å². The van der Waals surface area contributed by atoms with Crippen molar-refractivity contribution < 1.29 is 23.5 Å². The fourth-order valence-electron chi connectivity index (χ4n) is 4.20. The lowest BCUT2D eigenvalue weighted by atomic mass is 9.76. The van der Waals surface area contributed by atoms with E-state index in [0.717, 1.165) is 18.9 Å². The second-order valence-corrected chi connectivity index (χ2v) is 7.84. The fraction of sp³-hybridized carbons (Fsp3) is 0.556. The van der Waals surface area contributed by atoms with E-state index in [1.807, 2.05) is 0 Å². The van der Waals surface area contributed by atoms with Crippen molar-refractivity contribution in [3.05, 3.63) is 29.0 Å². The van der Waals surface area contributed by atoms with Crippen LogP contribution in [0.5, 0.6) is 5.75 Å². The molecule has 1 aromatic carbocycles. The molecule has 5 rings (SSSR count). The predicted molar refractivity (Wildman–Crippen MR) is 94.8 cm³/mol. The van der Waals surface area contributed by atoms with Gasteiger partial charge in [0.15, 0.2) is 6.61 Å². The minimum atomic E-state index is -0.592. The Morgan fingerprint density at radius 3 is 2.89 bits per heavy atom. The molecule has 0 radical (unpaired) electrons. The van der Waals surface area contributed by atoms with Crippen LogP contribution in [0.25, 0.3) is 0 Å². The highest BCUT2D eigenvalue weighted by atomic mass is 35.5. The van der Waals surface area contributed by atoms with Gasteiger partial charge in [0, 0.05) is 24.2 Å². The molecule has 4 fully saturated rings. The molecular weight excluding hydrogens is 377 g/mol. The maximum absolute atomic E-state index is 13.4. The van der Waals surface area contributed by atoms with Crippen LogP contribution in [0.1, 0.15) is 19.3 Å². The van der Waals surface area contributed by atoms with Crippen molar-refractivity contribution in [1.82, 2.24) is 16.0 Å². The molecule has 2 amide bonds. The summed E-state index contributed by atoms with van der Waals surface area (Å²) in [6.45, 7) is 0.712. The van der Waals surface area contributed by atoms with Crippen LogP contribution in [0.3, 0.4) is 0 Å². The van der Waals surface area contributed by atoms with Crippen molar-refractivity contribution in [1.29, 1.82) is 0 Å². The number of halogens is 2. The summed E-state index contributed by atoms with van der Waals surface area (Å²) in [7, 11) is 0. The summed E-state index contributed by atoms with van der Waals surface area (Å²) in [6.07, 6.45) is 1.93. The van der Waals surface area contributed by atoms with Crippen LogP contribution in [0, 0.1) is 11.7 Å². The Hall–Kier alpha value is -1.90. The summed E-state index contributed by atoms with van der Waals surface area (Å²) in [5, 5.41) is 9.04.